The van der Waals surface area contributed by atoms with Crippen molar-refractivity contribution in [1.82, 2.24) is 5.32 Å². The molecule has 0 radical (unpaired) electrons. The zero-order chi connectivity index (χ0) is 22.7. The van der Waals surface area contributed by atoms with Gasteiger partial charge in [-0.1, -0.05) is 48.0 Å². The second-order valence-corrected chi connectivity index (χ2v) is 8.56. The maximum atomic E-state index is 11.4. The summed E-state index contributed by atoms with van der Waals surface area (Å²) >= 11 is 6.03. The summed E-state index contributed by atoms with van der Waals surface area (Å²) in [4.78, 5) is 11.4. The van der Waals surface area contributed by atoms with Crippen molar-refractivity contribution < 1.29 is 19.7 Å². The molecule has 0 fully saturated rings. The Kier molecular flexibility index (Phi) is 6.80. The first-order valence-corrected chi connectivity index (χ1v) is 11.0. The Labute approximate surface area is 192 Å². The Morgan fingerprint density at radius 3 is 2.66 bits per heavy atom. The number of benzene rings is 3. The van der Waals surface area contributed by atoms with Crippen molar-refractivity contribution in [2.45, 2.75) is 31.4 Å². The molecule has 6 heteroatoms. The molecule has 166 valence electrons. The van der Waals surface area contributed by atoms with Gasteiger partial charge in [0.15, 0.2) is 0 Å². The number of rotatable bonds is 7. The van der Waals surface area contributed by atoms with Crippen LogP contribution < -0.4 is 10.1 Å². The summed E-state index contributed by atoms with van der Waals surface area (Å²) in [5.41, 5.74) is 5.50. The molecule has 0 saturated carbocycles. The lowest BCUT2D eigenvalue weighted by Gasteiger charge is -2.27. The quantitative estimate of drug-likeness (QED) is 0.476. The van der Waals surface area contributed by atoms with Crippen LogP contribution in [0.15, 0.2) is 60.7 Å². The van der Waals surface area contributed by atoms with E-state index >= 15 is 0 Å². The van der Waals surface area contributed by atoms with Gasteiger partial charge in [-0.2, -0.15) is 0 Å². The first-order chi connectivity index (χ1) is 15.4. The van der Waals surface area contributed by atoms with Crippen molar-refractivity contribution in [3.8, 4) is 16.9 Å². The van der Waals surface area contributed by atoms with E-state index in [4.69, 9.17) is 16.3 Å². The molecule has 0 amide bonds. The van der Waals surface area contributed by atoms with E-state index in [-0.39, 0.29) is 11.6 Å². The number of carboxylic acids is 1. The van der Waals surface area contributed by atoms with Crippen molar-refractivity contribution in [3.63, 3.8) is 0 Å². The third kappa shape index (κ3) is 4.96. The number of fused-ring (bicyclic) bond motifs is 1. The number of nitrogens with one attached hydrogen (secondary N) is 1. The van der Waals surface area contributed by atoms with Gasteiger partial charge in [-0.05, 0) is 71.3 Å². The Bertz CT molecular complexity index is 1130. The number of aliphatic hydroxyl groups is 1. The molecule has 3 N–H and O–H groups in total. The highest BCUT2D eigenvalue weighted by Gasteiger charge is 2.20. The molecule has 0 bridgehead atoms. The van der Waals surface area contributed by atoms with E-state index in [1.165, 1.54) is 18.2 Å². The molecule has 0 aliphatic heterocycles. The van der Waals surface area contributed by atoms with E-state index in [0.29, 0.717) is 17.3 Å². The van der Waals surface area contributed by atoms with Gasteiger partial charge in [0.1, 0.15) is 11.3 Å². The van der Waals surface area contributed by atoms with Crippen molar-refractivity contribution in [2.24, 2.45) is 0 Å². The summed E-state index contributed by atoms with van der Waals surface area (Å²) in [5, 5.41) is 23.9. The topological polar surface area (TPSA) is 78.8 Å². The van der Waals surface area contributed by atoms with Crippen LogP contribution >= 0.6 is 11.6 Å². The first kappa shape index (κ1) is 22.3. The molecule has 0 saturated heterocycles. The fraction of sp³-hybridized carbons (Fsp3) is 0.269. The first-order valence-electron chi connectivity index (χ1n) is 10.6. The number of hydrogen-bond acceptors (Lipinski definition) is 4. The lowest BCUT2D eigenvalue weighted by atomic mass is 9.86. The second kappa shape index (κ2) is 9.74. The van der Waals surface area contributed by atoms with Crippen LogP contribution in [0, 0.1) is 0 Å². The average Bonchev–Trinajstić information content (AvgIpc) is 2.81. The highest BCUT2D eigenvalue weighted by Crippen LogP contribution is 2.31. The third-order valence-electron chi connectivity index (χ3n) is 6.03. The number of carbonyl (C=O) groups is 1. The van der Waals surface area contributed by atoms with Gasteiger partial charge in [-0.15, -0.1) is 0 Å². The molecule has 5 nitrogen and oxygen atoms in total. The number of aromatic carboxylic acids is 1. The molecule has 32 heavy (non-hydrogen) atoms. The van der Waals surface area contributed by atoms with Crippen molar-refractivity contribution in [2.75, 3.05) is 13.7 Å². The van der Waals surface area contributed by atoms with E-state index in [2.05, 4.69) is 23.5 Å². The zero-order valence-electron chi connectivity index (χ0n) is 17.8. The summed E-state index contributed by atoms with van der Waals surface area (Å²) in [6.07, 6.45) is 2.24. The third-order valence-corrected chi connectivity index (χ3v) is 6.27. The highest BCUT2D eigenvalue weighted by molar-refractivity contribution is 6.30. The maximum absolute atomic E-state index is 11.4. The molecule has 1 aliphatic rings. The van der Waals surface area contributed by atoms with E-state index < -0.39 is 12.1 Å². The molecule has 2 atom stereocenters. The largest absolute Gasteiger partial charge is 0.496 e. The van der Waals surface area contributed by atoms with E-state index in [9.17, 15) is 15.0 Å². The zero-order valence-corrected chi connectivity index (χ0v) is 18.6. The Morgan fingerprint density at radius 2 is 1.91 bits per heavy atom. The van der Waals surface area contributed by atoms with Crippen LogP contribution in [0.3, 0.4) is 0 Å². The van der Waals surface area contributed by atoms with Crippen LogP contribution in [0.4, 0.5) is 0 Å². The predicted octanol–water partition coefficient (Wildman–Crippen LogP) is 4.89. The summed E-state index contributed by atoms with van der Waals surface area (Å²) in [5.74, 6) is -0.657. The summed E-state index contributed by atoms with van der Waals surface area (Å²) in [6, 6.07) is 19.1. The Morgan fingerprint density at radius 1 is 1.12 bits per heavy atom. The Hall–Kier alpha value is -2.86. The maximum Gasteiger partial charge on any atom is 0.339 e. The molecule has 0 unspecified atom stereocenters. The van der Waals surface area contributed by atoms with Crippen LogP contribution in [0.5, 0.6) is 5.75 Å². The summed E-state index contributed by atoms with van der Waals surface area (Å²) < 4.78 is 5.27. The number of halogens is 1. The standard InChI is InChI=1S/C26H26ClNO4/c1-32-25-14-18(8-10-23(25)26(30)31)17-6-5-16-7-9-22(13-20(16)11-17)28-15-24(29)19-3-2-4-21(27)12-19/h2-6,8,10-12,14,22,24,28-29H,7,9,13,15H2,1H3,(H,30,31)/t22-,24+/m0/s1. The van der Waals surface area contributed by atoms with Crippen LogP contribution in [0.25, 0.3) is 11.1 Å². The minimum Gasteiger partial charge on any atom is -0.496 e. The lowest BCUT2D eigenvalue weighted by Crippen LogP contribution is -2.37. The second-order valence-electron chi connectivity index (χ2n) is 8.12. The number of aliphatic hydroxyl groups excluding tert-OH is 1. The van der Waals surface area contributed by atoms with Crippen molar-refractivity contribution in [3.05, 3.63) is 87.9 Å². The molecular formula is C26H26ClNO4. The SMILES string of the molecule is COc1cc(-c2ccc3c(c2)C[C@@H](NC[C@@H](O)c2cccc(Cl)c2)CC3)ccc1C(=O)O. The molecule has 1 aliphatic carbocycles. The predicted molar refractivity (Wildman–Crippen MR) is 126 cm³/mol. The van der Waals surface area contributed by atoms with Gasteiger partial charge >= 0.3 is 5.97 Å². The van der Waals surface area contributed by atoms with Gasteiger partial charge in [-0.3, -0.25) is 0 Å². The van der Waals surface area contributed by atoms with Gasteiger partial charge < -0.3 is 20.3 Å². The Balaban J connectivity index is 1.47. The van der Waals surface area contributed by atoms with Crippen LogP contribution in [-0.4, -0.2) is 35.9 Å². The number of methoxy groups -OCH3 is 1. The number of hydrogen-bond donors (Lipinski definition) is 3. The fourth-order valence-electron chi connectivity index (χ4n) is 4.27. The number of ether oxygens (including phenoxy) is 1. The van der Waals surface area contributed by atoms with Gasteiger partial charge in [0, 0.05) is 17.6 Å². The normalized spacial score (nSPS) is 16.3. The molecule has 3 aromatic carbocycles. The molecule has 4 rings (SSSR count). The van der Waals surface area contributed by atoms with Crippen molar-refractivity contribution in [1.29, 1.82) is 0 Å². The van der Waals surface area contributed by atoms with E-state index in [1.54, 1.807) is 24.3 Å². The fourth-order valence-corrected chi connectivity index (χ4v) is 4.47. The smallest absolute Gasteiger partial charge is 0.339 e. The van der Waals surface area contributed by atoms with Gasteiger partial charge in [0.2, 0.25) is 0 Å². The van der Waals surface area contributed by atoms with Crippen LogP contribution in [0.2, 0.25) is 5.02 Å². The summed E-state index contributed by atoms with van der Waals surface area (Å²) in [6.45, 7) is 0.466. The van der Waals surface area contributed by atoms with Crippen LogP contribution in [-0.2, 0) is 12.8 Å². The highest BCUT2D eigenvalue weighted by atomic mass is 35.5. The average molecular weight is 452 g/mol. The van der Waals surface area contributed by atoms with E-state index in [0.717, 1.165) is 36.0 Å². The molecule has 3 aromatic rings. The minimum atomic E-state index is -1.01. The van der Waals surface area contributed by atoms with Crippen molar-refractivity contribution >= 4 is 17.6 Å². The molecule has 0 spiro atoms. The van der Waals surface area contributed by atoms with Crippen LogP contribution in [0.1, 0.15) is 39.6 Å². The summed E-state index contributed by atoms with van der Waals surface area (Å²) in [7, 11) is 1.48. The van der Waals surface area contributed by atoms with Gasteiger partial charge in [-0.25, -0.2) is 4.79 Å². The molecular weight excluding hydrogens is 426 g/mol. The number of aryl methyl sites for hydroxylation is 1. The lowest BCUT2D eigenvalue weighted by molar-refractivity contribution is 0.0693. The van der Waals surface area contributed by atoms with E-state index in [1.807, 2.05) is 18.2 Å². The molecule has 0 heterocycles. The van der Waals surface area contributed by atoms with Gasteiger partial charge in [0.25, 0.3) is 0 Å². The number of carboxylic acid groups (broad SMARTS) is 1. The molecule has 0 aromatic heterocycles. The monoisotopic (exact) mass is 451 g/mol. The minimum absolute atomic E-state index is 0.150. The van der Waals surface area contributed by atoms with Gasteiger partial charge in [0.05, 0.1) is 13.2 Å².